The Hall–Kier alpha value is -0.860. The number of hydrogen-bond acceptors (Lipinski definition) is 2. The zero-order chi connectivity index (χ0) is 12.7. The second kappa shape index (κ2) is 4.60. The van der Waals surface area contributed by atoms with E-state index in [9.17, 15) is 0 Å². The molecule has 2 fully saturated rings. The van der Waals surface area contributed by atoms with Gasteiger partial charge in [0.2, 0.25) is 0 Å². The molecule has 19 heavy (non-hydrogen) atoms. The summed E-state index contributed by atoms with van der Waals surface area (Å²) in [5.41, 5.74) is 3.34. The van der Waals surface area contributed by atoms with Gasteiger partial charge >= 0.3 is 0 Å². The highest BCUT2D eigenvalue weighted by molar-refractivity contribution is 5.34. The van der Waals surface area contributed by atoms with Crippen LogP contribution in [0.4, 0.5) is 0 Å². The Balaban J connectivity index is 1.45. The molecule has 0 amide bonds. The summed E-state index contributed by atoms with van der Waals surface area (Å²) in [5.74, 6) is 0. The maximum Gasteiger partial charge on any atom is 0.0697 e. The second-order valence-corrected chi connectivity index (χ2v) is 6.53. The van der Waals surface area contributed by atoms with Crippen molar-refractivity contribution in [1.82, 2.24) is 5.32 Å². The molecule has 0 radical (unpaired) electrons. The van der Waals surface area contributed by atoms with Gasteiger partial charge in [-0.15, -0.1) is 0 Å². The van der Waals surface area contributed by atoms with Crippen LogP contribution in [0.5, 0.6) is 0 Å². The van der Waals surface area contributed by atoms with Crippen LogP contribution in [-0.2, 0) is 11.2 Å². The van der Waals surface area contributed by atoms with E-state index in [0.29, 0.717) is 12.1 Å². The molecule has 1 N–H and O–H groups in total. The molecule has 1 spiro atoms. The Morgan fingerprint density at radius 2 is 2.05 bits per heavy atom. The summed E-state index contributed by atoms with van der Waals surface area (Å²) in [5, 5.41) is 3.92. The zero-order valence-corrected chi connectivity index (χ0v) is 11.5. The molecule has 1 aromatic rings. The van der Waals surface area contributed by atoms with E-state index in [1.165, 1.54) is 50.5 Å². The van der Waals surface area contributed by atoms with Crippen molar-refractivity contribution < 1.29 is 4.74 Å². The van der Waals surface area contributed by atoms with Crippen molar-refractivity contribution in [2.75, 3.05) is 6.61 Å². The van der Waals surface area contributed by atoms with Gasteiger partial charge in [-0.25, -0.2) is 0 Å². The van der Waals surface area contributed by atoms with Gasteiger partial charge in [-0.1, -0.05) is 24.3 Å². The Labute approximate surface area is 115 Å². The summed E-state index contributed by atoms with van der Waals surface area (Å²) in [7, 11) is 0. The first kappa shape index (κ1) is 11.9. The number of nitrogens with one attached hydrogen (secondary N) is 1. The fourth-order valence-electron chi connectivity index (χ4n) is 4.10. The van der Waals surface area contributed by atoms with Crippen molar-refractivity contribution in [2.24, 2.45) is 0 Å². The van der Waals surface area contributed by atoms with E-state index in [0.717, 1.165) is 6.61 Å². The lowest BCUT2D eigenvalue weighted by atomic mass is 9.74. The number of rotatable bonds is 2. The smallest absolute Gasteiger partial charge is 0.0697 e. The summed E-state index contributed by atoms with van der Waals surface area (Å²) < 4.78 is 6.03. The van der Waals surface area contributed by atoms with Crippen LogP contribution in [0.1, 0.15) is 55.7 Å². The minimum absolute atomic E-state index is 0.258. The average molecular weight is 257 g/mol. The van der Waals surface area contributed by atoms with E-state index >= 15 is 0 Å². The fourth-order valence-corrected chi connectivity index (χ4v) is 4.10. The van der Waals surface area contributed by atoms with Gasteiger partial charge in [-0.3, -0.25) is 0 Å². The van der Waals surface area contributed by atoms with Crippen LogP contribution >= 0.6 is 0 Å². The standard InChI is InChI=1S/C17H23NO/c1-2-5-15-13(4-1)6-7-16(15)18-14-8-11-19-17(12-14)9-3-10-17/h1-2,4-5,14,16,18H,3,6-12H2. The largest absolute Gasteiger partial charge is 0.375 e. The van der Waals surface area contributed by atoms with E-state index in [1.807, 2.05) is 0 Å². The molecule has 2 aliphatic carbocycles. The first-order chi connectivity index (χ1) is 9.35. The van der Waals surface area contributed by atoms with E-state index < -0.39 is 0 Å². The van der Waals surface area contributed by atoms with E-state index in [1.54, 1.807) is 5.56 Å². The molecule has 2 unspecified atom stereocenters. The van der Waals surface area contributed by atoms with Crippen molar-refractivity contribution in [3.63, 3.8) is 0 Å². The summed E-state index contributed by atoms with van der Waals surface area (Å²) in [6.45, 7) is 0.950. The van der Waals surface area contributed by atoms with Crippen LogP contribution < -0.4 is 5.32 Å². The zero-order valence-electron chi connectivity index (χ0n) is 11.5. The van der Waals surface area contributed by atoms with Crippen LogP contribution in [0.3, 0.4) is 0 Å². The predicted octanol–water partition coefficient (Wildman–Crippen LogP) is 3.37. The van der Waals surface area contributed by atoms with Gasteiger partial charge in [-0.05, 0) is 56.1 Å². The van der Waals surface area contributed by atoms with Gasteiger partial charge in [0.1, 0.15) is 0 Å². The summed E-state index contributed by atoms with van der Waals surface area (Å²) >= 11 is 0. The lowest BCUT2D eigenvalue weighted by Gasteiger charge is -2.47. The maximum absolute atomic E-state index is 6.03. The molecule has 1 saturated carbocycles. The Morgan fingerprint density at radius 1 is 1.16 bits per heavy atom. The van der Waals surface area contributed by atoms with E-state index in [2.05, 4.69) is 29.6 Å². The molecule has 3 aliphatic rings. The van der Waals surface area contributed by atoms with Gasteiger partial charge < -0.3 is 10.1 Å². The molecule has 2 nitrogen and oxygen atoms in total. The molecule has 2 heteroatoms. The normalized spacial score (nSPS) is 32.0. The minimum Gasteiger partial charge on any atom is -0.375 e. The highest BCUT2D eigenvalue weighted by Gasteiger charge is 2.43. The van der Waals surface area contributed by atoms with Crippen molar-refractivity contribution >= 4 is 0 Å². The lowest BCUT2D eigenvalue weighted by Crippen LogP contribution is -2.51. The van der Waals surface area contributed by atoms with Crippen molar-refractivity contribution in [3.8, 4) is 0 Å². The van der Waals surface area contributed by atoms with E-state index in [-0.39, 0.29) is 5.60 Å². The van der Waals surface area contributed by atoms with E-state index in [4.69, 9.17) is 4.74 Å². The summed E-state index contributed by atoms with van der Waals surface area (Å²) in [6, 6.07) is 10.2. The second-order valence-electron chi connectivity index (χ2n) is 6.53. The van der Waals surface area contributed by atoms with Crippen LogP contribution in [0.2, 0.25) is 0 Å². The molecule has 4 rings (SSSR count). The molecule has 2 atom stereocenters. The third-order valence-electron chi connectivity index (χ3n) is 5.33. The third-order valence-corrected chi connectivity index (χ3v) is 5.33. The minimum atomic E-state index is 0.258. The molecule has 0 bridgehead atoms. The quantitative estimate of drug-likeness (QED) is 0.877. The Kier molecular flexibility index (Phi) is 2.89. The number of aryl methyl sites for hydroxylation is 1. The Morgan fingerprint density at radius 3 is 2.89 bits per heavy atom. The molecule has 1 aromatic carbocycles. The molecular weight excluding hydrogens is 234 g/mol. The molecule has 0 aromatic heterocycles. The van der Waals surface area contributed by atoms with Gasteiger partial charge in [0.25, 0.3) is 0 Å². The Bertz CT molecular complexity index is 466. The highest BCUT2D eigenvalue weighted by atomic mass is 16.5. The maximum atomic E-state index is 6.03. The van der Waals surface area contributed by atoms with Gasteiger partial charge in [0.05, 0.1) is 5.60 Å². The molecule has 1 aliphatic heterocycles. The van der Waals surface area contributed by atoms with Crippen LogP contribution in [0.15, 0.2) is 24.3 Å². The molecular formula is C17H23NO. The molecule has 102 valence electrons. The van der Waals surface area contributed by atoms with Crippen LogP contribution in [0.25, 0.3) is 0 Å². The fraction of sp³-hybridized carbons (Fsp3) is 0.647. The van der Waals surface area contributed by atoms with Crippen molar-refractivity contribution in [1.29, 1.82) is 0 Å². The third kappa shape index (κ3) is 2.11. The van der Waals surface area contributed by atoms with Crippen LogP contribution in [0, 0.1) is 0 Å². The highest BCUT2D eigenvalue weighted by Crippen LogP contribution is 2.43. The topological polar surface area (TPSA) is 21.3 Å². The van der Waals surface area contributed by atoms with Gasteiger partial charge in [0, 0.05) is 18.7 Å². The van der Waals surface area contributed by atoms with Gasteiger partial charge in [-0.2, -0.15) is 0 Å². The van der Waals surface area contributed by atoms with Crippen molar-refractivity contribution in [2.45, 2.75) is 62.6 Å². The molecule has 1 heterocycles. The lowest BCUT2D eigenvalue weighted by molar-refractivity contribution is -0.136. The summed E-state index contributed by atoms with van der Waals surface area (Å²) in [6.07, 6.45) is 8.84. The first-order valence-corrected chi connectivity index (χ1v) is 7.83. The summed E-state index contributed by atoms with van der Waals surface area (Å²) in [4.78, 5) is 0. The van der Waals surface area contributed by atoms with Gasteiger partial charge in [0.15, 0.2) is 0 Å². The number of benzene rings is 1. The van der Waals surface area contributed by atoms with Crippen LogP contribution in [-0.4, -0.2) is 18.2 Å². The van der Waals surface area contributed by atoms with Crippen molar-refractivity contribution in [3.05, 3.63) is 35.4 Å². The SMILES string of the molecule is c1ccc2c(c1)CCC2NC1CCOC2(CCC2)C1. The monoisotopic (exact) mass is 257 g/mol. The predicted molar refractivity (Wildman–Crippen MR) is 76.2 cm³/mol. The molecule has 1 saturated heterocycles. The number of hydrogen-bond donors (Lipinski definition) is 1. The first-order valence-electron chi connectivity index (χ1n) is 7.83. The number of ether oxygens (including phenoxy) is 1. The number of fused-ring (bicyclic) bond motifs is 1. The average Bonchev–Trinajstić information content (AvgIpc) is 2.81.